The predicted octanol–water partition coefficient (Wildman–Crippen LogP) is 6.37. The van der Waals surface area contributed by atoms with Crippen molar-refractivity contribution in [2.24, 2.45) is 0 Å². The number of anilines is 1. The molecule has 8 rings (SSSR count). The zero-order valence-electron chi connectivity index (χ0n) is 36.3. The Morgan fingerprint density at radius 2 is 1.15 bits per heavy atom. The second-order valence-corrected chi connectivity index (χ2v) is 16.0. The summed E-state index contributed by atoms with van der Waals surface area (Å²) >= 11 is 0. The van der Waals surface area contributed by atoms with Gasteiger partial charge in [0.25, 0.3) is 0 Å². The first-order valence-electron chi connectivity index (χ1n) is 21.3. The van der Waals surface area contributed by atoms with E-state index in [-0.39, 0.29) is 42.3 Å². The van der Waals surface area contributed by atoms with E-state index in [2.05, 4.69) is 137 Å². The summed E-state index contributed by atoms with van der Waals surface area (Å²) in [4.78, 5) is 44.3. The quantitative estimate of drug-likeness (QED) is 0.135. The van der Waals surface area contributed by atoms with Crippen LogP contribution in [-0.2, 0) is 38.4 Å². The molecule has 0 spiro atoms. The average molecular weight is 852 g/mol. The Morgan fingerprint density at radius 3 is 1.74 bits per heavy atom. The van der Waals surface area contributed by atoms with Crippen molar-refractivity contribution in [1.82, 2.24) is 0 Å². The molecule has 8 heteroatoms. The highest BCUT2D eigenvalue weighted by Gasteiger charge is 2.29. The van der Waals surface area contributed by atoms with E-state index in [0.717, 1.165) is 43.6 Å². The van der Waals surface area contributed by atoms with Crippen LogP contribution in [0.15, 0.2) is 164 Å². The van der Waals surface area contributed by atoms with Gasteiger partial charge in [-0.25, -0.2) is 0 Å². The van der Waals surface area contributed by atoms with Gasteiger partial charge in [0.15, 0.2) is 0 Å². The first kappa shape index (κ1) is 48.6. The Bertz CT molecular complexity index is 2300. The zero-order valence-corrected chi connectivity index (χ0v) is 37.1. The Labute approximate surface area is 374 Å². The molecule has 6 aromatic rings. The lowest BCUT2D eigenvalue weighted by atomic mass is 9.88. The largest absolute Gasteiger partial charge is 1.00 e. The fourth-order valence-electron chi connectivity index (χ4n) is 8.04. The van der Waals surface area contributed by atoms with E-state index in [9.17, 15) is 9.59 Å². The van der Waals surface area contributed by atoms with E-state index < -0.39 is 0 Å². The maximum Gasteiger partial charge on any atom is 0.373 e. The number of benzene rings is 6. The van der Waals surface area contributed by atoms with Gasteiger partial charge in [-0.3, -0.25) is 9.59 Å². The monoisotopic (exact) mass is 850 g/mol. The summed E-state index contributed by atoms with van der Waals surface area (Å²) in [5, 5.41) is 0. The first-order valence-corrected chi connectivity index (χ1v) is 21.3. The van der Waals surface area contributed by atoms with Crippen molar-refractivity contribution >= 4 is 23.7 Å². The van der Waals surface area contributed by atoms with Gasteiger partial charge in [-0.15, -0.1) is 0 Å². The standard InChI is InChI=1S/C20H24N2O.C17H20.C16H14O2.CO2.ClH/c1-21(2)12-13-22-19-11-7-6-10-17(19)14-18(15-20(22)23)16-8-4-3-5-9-16;1-3-15(16-10-5-4-6-11-16)13-17-12-8-7-9-14(17)2;17-16-11-14(12-6-2-1-3-7-12)10-13-8-4-5-9-15(13)18-16;2-1-3;/h3-11,18H,12-15H2,1-2H3;4-12,15H,3,13H2,1-2H3;1-9,14H,10-11H2;;1H/t18-;15-;14-;;/m101../s1. The number of ether oxygens (including phenoxy) is 1. The molecule has 0 saturated heterocycles. The molecule has 1 N–H and O–H groups in total. The molecular formula is C54H59ClN2O5. The molecule has 7 nitrogen and oxygen atoms in total. The highest BCUT2D eigenvalue weighted by Crippen LogP contribution is 2.35. The molecule has 62 heavy (non-hydrogen) atoms. The third-order valence-electron chi connectivity index (χ3n) is 11.4. The number of para-hydroxylation sites is 2. The molecule has 2 heterocycles. The number of rotatable bonds is 9. The number of amides is 1. The fraction of sp³-hybridized carbons (Fsp3) is 0.278. The van der Waals surface area contributed by atoms with Gasteiger partial charge in [-0.2, -0.15) is 9.59 Å². The summed E-state index contributed by atoms with van der Waals surface area (Å²) in [7, 11) is 4.25. The topological polar surface area (TPSA) is 85.2 Å². The van der Waals surface area contributed by atoms with Crippen LogP contribution in [0, 0.1) is 6.92 Å². The van der Waals surface area contributed by atoms with Crippen LogP contribution in [0.1, 0.15) is 82.9 Å². The second-order valence-electron chi connectivity index (χ2n) is 16.0. The van der Waals surface area contributed by atoms with Crippen LogP contribution in [0.2, 0.25) is 0 Å². The maximum absolute atomic E-state index is 12.9. The molecule has 3 atom stereocenters. The van der Waals surface area contributed by atoms with Gasteiger partial charge in [0, 0.05) is 12.1 Å². The molecule has 0 saturated carbocycles. The second kappa shape index (κ2) is 25.6. The Kier molecular flexibility index (Phi) is 20.1. The lowest BCUT2D eigenvalue weighted by Crippen LogP contribution is -3.06. The van der Waals surface area contributed by atoms with Crippen molar-refractivity contribution in [3.63, 3.8) is 0 Å². The Hall–Kier alpha value is -6.11. The summed E-state index contributed by atoms with van der Waals surface area (Å²) in [6.07, 6.45) is 5.40. The number of carbonyl (C=O) groups excluding carboxylic acids is 4. The van der Waals surface area contributed by atoms with Crippen molar-refractivity contribution in [2.45, 2.75) is 70.1 Å². The number of quaternary nitrogens is 1. The highest BCUT2D eigenvalue weighted by molar-refractivity contribution is 5.95. The Balaban J connectivity index is 0.000000199. The number of aryl methyl sites for hydroxylation is 1. The van der Waals surface area contributed by atoms with E-state index >= 15 is 0 Å². The van der Waals surface area contributed by atoms with Gasteiger partial charge in [0.1, 0.15) is 5.75 Å². The molecule has 6 aromatic carbocycles. The van der Waals surface area contributed by atoms with Gasteiger partial charge in [-0.1, -0.05) is 159 Å². The molecule has 2 aliphatic rings. The lowest BCUT2D eigenvalue weighted by molar-refractivity contribution is -0.856. The lowest BCUT2D eigenvalue weighted by Gasteiger charge is -2.23. The zero-order chi connectivity index (χ0) is 43.4. The molecule has 0 unspecified atom stereocenters. The molecule has 0 bridgehead atoms. The van der Waals surface area contributed by atoms with E-state index in [4.69, 9.17) is 14.3 Å². The minimum Gasteiger partial charge on any atom is -1.00 e. The summed E-state index contributed by atoms with van der Waals surface area (Å²) in [5.74, 6) is 1.92. The number of halogens is 1. The average Bonchev–Trinajstić information content (AvgIpc) is 3.55. The predicted molar refractivity (Wildman–Crippen MR) is 243 cm³/mol. The number of likely N-dealkylation sites (N-methyl/N-ethyl adjacent to an activating group) is 1. The number of hydrogen-bond acceptors (Lipinski definition) is 5. The van der Waals surface area contributed by atoms with Gasteiger partial charge in [0.05, 0.1) is 33.6 Å². The smallest absolute Gasteiger partial charge is 0.373 e. The van der Waals surface area contributed by atoms with E-state index in [1.165, 1.54) is 44.7 Å². The van der Waals surface area contributed by atoms with Crippen LogP contribution < -0.4 is 26.9 Å². The van der Waals surface area contributed by atoms with Crippen LogP contribution in [0.4, 0.5) is 5.69 Å². The molecule has 0 fully saturated rings. The normalized spacial score (nSPS) is 15.6. The van der Waals surface area contributed by atoms with Crippen molar-refractivity contribution in [2.75, 3.05) is 32.1 Å². The summed E-state index contributed by atoms with van der Waals surface area (Å²) in [6, 6.07) is 56.3. The van der Waals surface area contributed by atoms with Gasteiger partial charge in [-0.05, 0) is 101 Å². The van der Waals surface area contributed by atoms with Crippen molar-refractivity contribution < 1.29 is 41.2 Å². The highest BCUT2D eigenvalue weighted by atomic mass is 35.5. The summed E-state index contributed by atoms with van der Waals surface area (Å²) < 4.78 is 5.37. The van der Waals surface area contributed by atoms with Crippen LogP contribution in [0.25, 0.3) is 0 Å². The number of hydrogen-bond donors (Lipinski definition) is 1. The van der Waals surface area contributed by atoms with Crippen molar-refractivity contribution in [3.8, 4) is 5.75 Å². The third kappa shape index (κ3) is 14.5. The van der Waals surface area contributed by atoms with E-state index in [0.29, 0.717) is 24.5 Å². The van der Waals surface area contributed by atoms with Gasteiger partial charge < -0.3 is 26.9 Å². The molecule has 0 aromatic heterocycles. The number of nitrogens with one attached hydrogen (secondary N) is 1. The van der Waals surface area contributed by atoms with Crippen LogP contribution in [-0.4, -0.2) is 45.2 Å². The van der Waals surface area contributed by atoms with Gasteiger partial charge >= 0.3 is 12.1 Å². The molecule has 0 aliphatic carbocycles. The van der Waals surface area contributed by atoms with E-state index in [1.807, 2.05) is 59.5 Å². The third-order valence-corrected chi connectivity index (χ3v) is 11.4. The molecule has 2 aliphatic heterocycles. The maximum atomic E-state index is 12.9. The molecular weight excluding hydrogens is 792 g/mol. The molecule has 322 valence electrons. The number of esters is 1. The number of carbonyl (C=O) groups is 2. The minimum absolute atomic E-state index is 0. The minimum atomic E-state index is -0.145. The van der Waals surface area contributed by atoms with Crippen molar-refractivity contribution in [1.29, 1.82) is 0 Å². The van der Waals surface area contributed by atoms with Crippen LogP contribution in [0.5, 0.6) is 5.75 Å². The fourth-order valence-corrected chi connectivity index (χ4v) is 8.04. The van der Waals surface area contributed by atoms with Gasteiger partial charge in [0.2, 0.25) is 5.91 Å². The Morgan fingerprint density at radius 1 is 0.645 bits per heavy atom. The van der Waals surface area contributed by atoms with Crippen LogP contribution >= 0.6 is 0 Å². The number of nitrogens with zero attached hydrogens (tertiary/aromatic N) is 1. The first-order chi connectivity index (χ1) is 29.7. The van der Waals surface area contributed by atoms with Crippen LogP contribution in [0.3, 0.4) is 0 Å². The molecule has 1 amide bonds. The summed E-state index contributed by atoms with van der Waals surface area (Å²) in [5.41, 5.74) is 10.3. The SMILES string of the molecule is CC[C@@H](Cc1ccccc1C)c1ccccc1.C[NH+](C)CCN1C(=O)C[C@H](c2ccccc2)Cc2ccccc21.O=C1C[C@H](c2ccccc2)Cc2ccccc2O1.O=C=O.[Cl-]. The number of fused-ring (bicyclic) bond motifs is 2. The van der Waals surface area contributed by atoms with Crippen molar-refractivity contribution in [3.05, 3.63) is 203 Å². The summed E-state index contributed by atoms with van der Waals surface area (Å²) in [6.45, 7) is 6.21. The molecule has 0 radical (unpaired) electrons. The van der Waals surface area contributed by atoms with E-state index in [1.54, 1.807) is 0 Å².